The van der Waals surface area contributed by atoms with Gasteiger partial charge in [-0.25, -0.2) is 4.79 Å². The number of hydrogen-bond acceptors (Lipinski definition) is 3. The molecule has 1 aliphatic rings. The average Bonchev–Trinajstić information content (AvgIpc) is 2.79. The molecule has 0 radical (unpaired) electrons. The molecule has 0 spiro atoms. The van der Waals surface area contributed by atoms with Crippen molar-refractivity contribution < 1.29 is 9.21 Å². The summed E-state index contributed by atoms with van der Waals surface area (Å²) in [5.74, 6) is 0.820. The van der Waals surface area contributed by atoms with Gasteiger partial charge in [-0.3, -0.25) is 9.36 Å². The minimum absolute atomic E-state index is 0.121. The molecule has 3 rings (SSSR count). The molecule has 1 aromatic carbocycles. The van der Waals surface area contributed by atoms with Gasteiger partial charge >= 0.3 is 5.76 Å². The van der Waals surface area contributed by atoms with Crippen LogP contribution < -0.4 is 5.76 Å². The Morgan fingerprint density at radius 1 is 1.23 bits per heavy atom. The van der Waals surface area contributed by atoms with Crippen molar-refractivity contribution >= 4 is 17.0 Å². The number of rotatable bonds is 3. The van der Waals surface area contributed by atoms with Gasteiger partial charge in [-0.2, -0.15) is 0 Å². The van der Waals surface area contributed by atoms with Crippen molar-refractivity contribution in [2.75, 3.05) is 13.1 Å². The zero-order valence-corrected chi connectivity index (χ0v) is 13.1. The van der Waals surface area contributed by atoms with Gasteiger partial charge in [0.15, 0.2) is 5.58 Å². The van der Waals surface area contributed by atoms with Gasteiger partial charge < -0.3 is 9.32 Å². The number of oxazole rings is 1. The molecular formula is C17H22N2O3. The van der Waals surface area contributed by atoms with E-state index in [1.54, 1.807) is 10.6 Å². The maximum absolute atomic E-state index is 12.4. The fourth-order valence-electron chi connectivity index (χ4n) is 3.46. The molecule has 118 valence electrons. The van der Waals surface area contributed by atoms with Crippen molar-refractivity contribution in [1.29, 1.82) is 0 Å². The van der Waals surface area contributed by atoms with E-state index in [1.807, 2.05) is 23.1 Å². The minimum Gasteiger partial charge on any atom is -0.408 e. The summed E-state index contributed by atoms with van der Waals surface area (Å²) in [5.41, 5.74) is 1.32. The monoisotopic (exact) mass is 302 g/mol. The third kappa shape index (κ3) is 2.93. The number of likely N-dealkylation sites (tertiary alicyclic amines) is 1. The second-order valence-corrected chi connectivity index (χ2v) is 6.48. The van der Waals surface area contributed by atoms with Gasteiger partial charge in [-0.05, 0) is 30.4 Å². The van der Waals surface area contributed by atoms with E-state index in [9.17, 15) is 9.59 Å². The minimum atomic E-state index is -0.394. The molecule has 0 bridgehead atoms. The Balaban J connectivity index is 1.70. The van der Waals surface area contributed by atoms with Crippen LogP contribution in [0, 0.1) is 11.8 Å². The molecule has 1 amide bonds. The number of carbonyl (C=O) groups is 1. The summed E-state index contributed by atoms with van der Waals surface area (Å²) in [7, 11) is 0. The molecule has 5 nitrogen and oxygen atoms in total. The molecule has 1 saturated heterocycles. The Bertz CT molecular complexity index is 721. The highest BCUT2D eigenvalue weighted by Gasteiger charge is 2.25. The summed E-state index contributed by atoms with van der Waals surface area (Å²) in [4.78, 5) is 26.3. The van der Waals surface area contributed by atoms with Gasteiger partial charge in [-0.1, -0.05) is 26.0 Å². The Morgan fingerprint density at radius 3 is 2.64 bits per heavy atom. The van der Waals surface area contributed by atoms with Crippen molar-refractivity contribution in [3.8, 4) is 0 Å². The third-order valence-corrected chi connectivity index (χ3v) is 4.34. The van der Waals surface area contributed by atoms with E-state index in [4.69, 9.17) is 4.42 Å². The molecule has 0 aliphatic carbocycles. The molecule has 1 aromatic heterocycles. The van der Waals surface area contributed by atoms with Crippen LogP contribution in [-0.4, -0.2) is 28.5 Å². The lowest BCUT2D eigenvalue weighted by Crippen LogP contribution is -2.43. The number of nitrogens with zero attached hydrogens (tertiary/aromatic N) is 2. The first-order valence-electron chi connectivity index (χ1n) is 7.90. The van der Waals surface area contributed by atoms with Crippen molar-refractivity contribution in [2.24, 2.45) is 11.8 Å². The Labute approximate surface area is 129 Å². The van der Waals surface area contributed by atoms with Crippen molar-refractivity contribution in [2.45, 2.75) is 33.2 Å². The number of amides is 1. The number of hydrogen-bond donors (Lipinski definition) is 0. The zero-order chi connectivity index (χ0) is 15.7. The lowest BCUT2D eigenvalue weighted by atomic mass is 9.92. The van der Waals surface area contributed by atoms with E-state index in [0.29, 0.717) is 30.4 Å². The first kappa shape index (κ1) is 14.9. The second kappa shape index (κ2) is 5.99. The summed E-state index contributed by atoms with van der Waals surface area (Å²) in [6.07, 6.45) is 1.51. The van der Waals surface area contributed by atoms with E-state index in [-0.39, 0.29) is 5.91 Å². The number of benzene rings is 1. The van der Waals surface area contributed by atoms with Crippen LogP contribution in [0.25, 0.3) is 11.1 Å². The Hall–Kier alpha value is -2.04. The van der Waals surface area contributed by atoms with E-state index < -0.39 is 5.76 Å². The summed E-state index contributed by atoms with van der Waals surface area (Å²) < 4.78 is 6.74. The molecule has 1 aliphatic heterocycles. The van der Waals surface area contributed by atoms with Crippen LogP contribution in [-0.2, 0) is 11.3 Å². The standard InChI is InChI=1S/C17H22N2O3/c1-12-9-13(2)11-18(10-12)16(20)7-8-19-14-5-3-4-6-15(14)22-17(19)21/h3-6,12-13H,7-11H2,1-2H3/t12-,13-/m1/s1. The smallest absolute Gasteiger partial charge is 0.408 e. The fraction of sp³-hybridized carbons (Fsp3) is 0.529. The molecule has 1 fully saturated rings. The van der Waals surface area contributed by atoms with Gasteiger partial charge in [-0.15, -0.1) is 0 Å². The van der Waals surface area contributed by atoms with Crippen molar-refractivity contribution in [3.05, 3.63) is 34.8 Å². The van der Waals surface area contributed by atoms with Gasteiger partial charge in [0.2, 0.25) is 5.91 Å². The number of piperidine rings is 1. The van der Waals surface area contributed by atoms with Crippen LogP contribution in [0.3, 0.4) is 0 Å². The Morgan fingerprint density at radius 2 is 1.91 bits per heavy atom. The summed E-state index contributed by atoms with van der Waals surface area (Å²) >= 11 is 0. The van der Waals surface area contributed by atoms with Crippen molar-refractivity contribution in [1.82, 2.24) is 9.47 Å². The Kier molecular flexibility index (Phi) is 4.05. The van der Waals surface area contributed by atoms with Crippen LogP contribution in [0.2, 0.25) is 0 Å². The van der Waals surface area contributed by atoms with E-state index in [0.717, 1.165) is 18.6 Å². The van der Waals surface area contributed by atoms with E-state index >= 15 is 0 Å². The fourth-order valence-corrected chi connectivity index (χ4v) is 3.46. The van der Waals surface area contributed by atoms with Gasteiger partial charge in [0.25, 0.3) is 0 Å². The molecule has 0 unspecified atom stereocenters. The van der Waals surface area contributed by atoms with Crippen LogP contribution in [0.1, 0.15) is 26.7 Å². The molecule has 2 atom stereocenters. The summed E-state index contributed by atoms with van der Waals surface area (Å²) in [6, 6.07) is 7.31. The highest BCUT2D eigenvalue weighted by Crippen LogP contribution is 2.21. The highest BCUT2D eigenvalue weighted by atomic mass is 16.4. The lowest BCUT2D eigenvalue weighted by Gasteiger charge is -2.35. The number of carbonyl (C=O) groups excluding carboxylic acids is 1. The molecule has 22 heavy (non-hydrogen) atoms. The van der Waals surface area contributed by atoms with Gasteiger partial charge in [0.1, 0.15) is 0 Å². The number of aromatic nitrogens is 1. The predicted octanol–water partition coefficient (Wildman–Crippen LogP) is 2.49. The maximum atomic E-state index is 12.4. The SMILES string of the molecule is C[C@@H]1C[C@@H](C)CN(C(=O)CCn2c(=O)oc3ccccc32)C1. The molecule has 0 N–H and O–H groups in total. The summed E-state index contributed by atoms with van der Waals surface area (Å²) in [6.45, 7) is 6.39. The van der Waals surface area contributed by atoms with Crippen LogP contribution >= 0.6 is 0 Å². The van der Waals surface area contributed by atoms with Gasteiger partial charge in [0.05, 0.1) is 5.52 Å². The topological polar surface area (TPSA) is 55.5 Å². The largest absolute Gasteiger partial charge is 0.419 e. The first-order chi connectivity index (χ1) is 10.5. The van der Waals surface area contributed by atoms with Crippen LogP contribution in [0.4, 0.5) is 0 Å². The van der Waals surface area contributed by atoms with Crippen LogP contribution in [0.5, 0.6) is 0 Å². The highest BCUT2D eigenvalue weighted by molar-refractivity contribution is 5.77. The molecule has 0 saturated carbocycles. The molecule has 2 aromatic rings. The quantitative estimate of drug-likeness (QED) is 0.875. The lowest BCUT2D eigenvalue weighted by molar-refractivity contribution is -0.134. The second-order valence-electron chi connectivity index (χ2n) is 6.48. The number of fused-ring (bicyclic) bond motifs is 1. The normalized spacial score (nSPS) is 22.2. The molecule has 5 heteroatoms. The van der Waals surface area contributed by atoms with Gasteiger partial charge in [0, 0.05) is 26.1 Å². The first-order valence-corrected chi connectivity index (χ1v) is 7.90. The predicted molar refractivity (Wildman–Crippen MR) is 84.6 cm³/mol. The van der Waals surface area contributed by atoms with Crippen molar-refractivity contribution in [3.63, 3.8) is 0 Å². The van der Waals surface area contributed by atoms with E-state index in [1.165, 1.54) is 6.42 Å². The zero-order valence-electron chi connectivity index (χ0n) is 13.1. The third-order valence-electron chi connectivity index (χ3n) is 4.34. The maximum Gasteiger partial charge on any atom is 0.419 e. The molecular weight excluding hydrogens is 280 g/mol. The van der Waals surface area contributed by atoms with Crippen LogP contribution in [0.15, 0.2) is 33.5 Å². The summed E-state index contributed by atoms with van der Waals surface area (Å²) in [5, 5.41) is 0. The average molecular weight is 302 g/mol. The number of para-hydroxylation sites is 2. The van der Waals surface area contributed by atoms with E-state index in [2.05, 4.69) is 13.8 Å². The molecule has 2 heterocycles. The number of aryl methyl sites for hydroxylation is 1.